The van der Waals surface area contributed by atoms with Crippen LogP contribution in [0.2, 0.25) is 5.02 Å². The number of H-pyrrole nitrogens is 1. The molecule has 0 unspecified atom stereocenters. The molecule has 9 nitrogen and oxygen atoms in total. The van der Waals surface area contributed by atoms with E-state index < -0.39 is 22.1 Å². The van der Waals surface area contributed by atoms with Gasteiger partial charge in [-0.1, -0.05) is 17.7 Å². The summed E-state index contributed by atoms with van der Waals surface area (Å²) >= 11 is 7.10. The Balaban J connectivity index is 1.92. The molecule has 3 rings (SSSR count). The third-order valence-corrected chi connectivity index (χ3v) is 4.78. The molecule has 1 amide bonds. The van der Waals surface area contributed by atoms with Gasteiger partial charge in [-0.05, 0) is 23.6 Å². The van der Waals surface area contributed by atoms with Crippen LogP contribution in [0.3, 0.4) is 0 Å². The average molecular weight is 407 g/mol. The maximum atomic E-state index is 12.5. The van der Waals surface area contributed by atoms with Crippen molar-refractivity contribution in [2.24, 2.45) is 0 Å². The molecule has 0 saturated carbocycles. The lowest BCUT2D eigenvalue weighted by Gasteiger charge is -2.08. The van der Waals surface area contributed by atoms with E-state index in [-0.39, 0.29) is 28.5 Å². The lowest BCUT2D eigenvalue weighted by molar-refractivity contribution is -0.384. The van der Waals surface area contributed by atoms with E-state index in [0.29, 0.717) is 0 Å². The lowest BCUT2D eigenvalue weighted by atomic mass is 10.2. The summed E-state index contributed by atoms with van der Waals surface area (Å²) in [7, 11) is 0. The summed E-state index contributed by atoms with van der Waals surface area (Å²) in [5.74, 6) is -0.812. The molecule has 0 aliphatic heterocycles. The number of aromatic nitrogens is 2. The summed E-state index contributed by atoms with van der Waals surface area (Å²) in [6.45, 7) is 0.0272. The Bertz CT molecular complexity index is 1140. The van der Waals surface area contributed by atoms with Gasteiger partial charge in [-0.3, -0.25) is 24.3 Å². The minimum atomic E-state index is -0.812. The molecule has 0 atom stereocenters. The third-order valence-electron chi connectivity index (χ3n) is 3.60. The number of hydrogen-bond acceptors (Lipinski definition) is 6. The summed E-state index contributed by atoms with van der Waals surface area (Å²) in [5.41, 5.74) is -2.01. The lowest BCUT2D eigenvalue weighted by Crippen LogP contribution is -2.39. The minimum absolute atomic E-state index is 0.0272. The molecular formula is C16H11ClN4O5S. The molecule has 2 heterocycles. The molecule has 0 aliphatic carbocycles. The van der Waals surface area contributed by atoms with Crippen LogP contribution in [-0.4, -0.2) is 20.4 Å². The van der Waals surface area contributed by atoms with E-state index in [9.17, 15) is 24.5 Å². The predicted octanol–water partition coefficient (Wildman–Crippen LogP) is 2.46. The molecule has 138 valence electrons. The van der Waals surface area contributed by atoms with Crippen molar-refractivity contribution >= 4 is 40.2 Å². The molecular weight excluding hydrogens is 396 g/mol. The first-order valence-electron chi connectivity index (χ1n) is 7.47. The molecule has 0 radical (unpaired) electrons. The highest BCUT2D eigenvalue weighted by Gasteiger charge is 2.18. The highest BCUT2D eigenvalue weighted by atomic mass is 35.5. The average Bonchev–Trinajstić information content (AvgIpc) is 3.13. The van der Waals surface area contributed by atoms with Gasteiger partial charge in [0.05, 0.1) is 11.5 Å². The summed E-state index contributed by atoms with van der Waals surface area (Å²) in [5, 5.41) is 15.0. The molecule has 27 heavy (non-hydrogen) atoms. The third kappa shape index (κ3) is 3.96. The summed E-state index contributed by atoms with van der Waals surface area (Å²) < 4.78 is 0.908. The monoisotopic (exact) mass is 406 g/mol. The first-order valence-corrected chi connectivity index (χ1v) is 8.73. The Morgan fingerprint density at radius 3 is 2.78 bits per heavy atom. The Morgan fingerprint density at radius 1 is 1.33 bits per heavy atom. The maximum Gasteiger partial charge on any atom is 0.328 e. The molecule has 0 fully saturated rings. The van der Waals surface area contributed by atoms with Gasteiger partial charge < -0.3 is 10.3 Å². The van der Waals surface area contributed by atoms with Gasteiger partial charge in [0.15, 0.2) is 0 Å². The van der Waals surface area contributed by atoms with Crippen molar-refractivity contribution in [2.45, 2.75) is 6.54 Å². The van der Waals surface area contributed by atoms with Crippen LogP contribution in [-0.2, 0) is 6.54 Å². The number of anilines is 1. The second-order valence-corrected chi connectivity index (χ2v) is 6.80. The Morgan fingerprint density at radius 2 is 2.11 bits per heavy atom. The number of hydrogen-bond donors (Lipinski definition) is 2. The summed E-state index contributed by atoms with van der Waals surface area (Å²) in [6, 6.07) is 7.25. The van der Waals surface area contributed by atoms with Crippen molar-refractivity contribution in [2.75, 3.05) is 5.32 Å². The van der Waals surface area contributed by atoms with Crippen LogP contribution in [0, 0.1) is 10.1 Å². The number of amides is 1. The summed E-state index contributed by atoms with van der Waals surface area (Å²) in [6.07, 6.45) is 1.01. The zero-order chi connectivity index (χ0) is 19.6. The SMILES string of the molecule is O=C(Nc1ccc(Cl)c([N+](=O)[O-])c1)c1c[nH]c(=O)n(Cc2cccs2)c1=O. The van der Waals surface area contributed by atoms with Gasteiger partial charge >= 0.3 is 5.69 Å². The van der Waals surface area contributed by atoms with Crippen LogP contribution < -0.4 is 16.6 Å². The summed E-state index contributed by atoms with van der Waals surface area (Å²) in [4.78, 5) is 50.3. The molecule has 1 aromatic carbocycles. The number of nitrogens with zero attached hydrogens (tertiary/aromatic N) is 2. The van der Waals surface area contributed by atoms with E-state index in [2.05, 4.69) is 10.3 Å². The smallest absolute Gasteiger partial charge is 0.322 e. The fraction of sp³-hybridized carbons (Fsp3) is 0.0625. The number of nitrogens with one attached hydrogen (secondary N) is 2. The van der Waals surface area contributed by atoms with Crippen LogP contribution in [0.15, 0.2) is 51.5 Å². The van der Waals surface area contributed by atoms with Crippen LogP contribution in [0.25, 0.3) is 0 Å². The van der Waals surface area contributed by atoms with Crippen LogP contribution >= 0.6 is 22.9 Å². The largest absolute Gasteiger partial charge is 0.328 e. The highest BCUT2D eigenvalue weighted by Crippen LogP contribution is 2.27. The van der Waals surface area contributed by atoms with Gasteiger partial charge in [-0.2, -0.15) is 0 Å². The molecule has 0 aliphatic rings. The zero-order valence-electron chi connectivity index (χ0n) is 13.5. The second kappa shape index (κ2) is 7.56. The second-order valence-electron chi connectivity index (χ2n) is 5.36. The molecule has 2 N–H and O–H groups in total. The number of carbonyl (C=O) groups is 1. The van der Waals surface area contributed by atoms with Crippen molar-refractivity contribution in [3.05, 3.63) is 88.3 Å². The standard InChI is InChI=1S/C16H11ClN4O5S/c17-12-4-3-9(6-13(12)21(25)26)19-14(22)11-7-18-16(24)20(15(11)23)8-10-2-1-5-27-10/h1-7H,8H2,(H,18,24)(H,19,22). The van der Waals surface area contributed by atoms with Gasteiger partial charge in [0.1, 0.15) is 10.6 Å². The van der Waals surface area contributed by atoms with E-state index in [1.165, 1.54) is 23.5 Å². The molecule has 0 saturated heterocycles. The fourth-order valence-corrected chi connectivity index (χ4v) is 3.18. The van der Waals surface area contributed by atoms with Gasteiger partial charge in [0.2, 0.25) is 0 Å². The predicted molar refractivity (Wildman–Crippen MR) is 101 cm³/mol. The zero-order valence-corrected chi connectivity index (χ0v) is 15.0. The molecule has 3 aromatic rings. The minimum Gasteiger partial charge on any atom is -0.322 e. The number of nitro groups is 1. The highest BCUT2D eigenvalue weighted by molar-refractivity contribution is 7.09. The van der Waals surface area contributed by atoms with E-state index in [0.717, 1.165) is 21.7 Å². The Hall–Kier alpha value is -3.24. The number of carbonyl (C=O) groups excluding carboxylic acids is 1. The van der Waals surface area contributed by atoms with Crippen LogP contribution in [0.4, 0.5) is 11.4 Å². The number of nitro benzene ring substituents is 1. The van der Waals surface area contributed by atoms with Crippen molar-refractivity contribution in [1.29, 1.82) is 0 Å². The first-order chi connectivity index (χ1) is 12.9. The number of thiophene rings is 1. The van der Waals surface area contributed by atoms with Gasteiger partial charge in [-0.15, -0.1) is 11.3 Å². The topological polar surface area (TPSA) is 127 Å². The van der Waals surface area contributed by atoms with E-state index in [1.54, 1.807) is 17.5 Å². The van der Waals surface area contributed by atoms with E-state index >= 15 is 0 Å². The molecule has 0 spiro atoms. The maximum absolute atomic E-state index is 12.5. The van der Waals surface area contributed by atoms with Gasteiger partial charge in [0.25, 0.3) is 17.2 Å². The Kier molecular flexibility index (Phi) is 5.19. The normalized spacial score (nSPS) is 10.6. The molecule has 11 heteroatoms. The van der Waals surface area contributed by atoms with Crippen molar-refractivity contribution in [3.63, 3.8) is 0 Å². The number of benzene rings is 1. The quantitative estimate of drug-likeness (QED) is 0.497. The first kappa shape index (κ1) is 18.5. The van der Waals surface area contributed by atoms with E-state index in [1.807, 2.05) is 0 Å². The van der Waals surface area contributed by atoms with Crippen molar-refractivity contribution < 1.29 is 9.72 Å². The van der Waals surface area contributed by atoms with Gasteiger partial charge in [-0.25, -0.2) is 4.79 Å². The number of rotatable bonds is 5. The molecule has 0 bridgehead atoms. The van der Waals surface area contributed by atoms with E-state index in [4.69, 9.17) is 11.6 Å². The number of halogens is 1. The van der Waals surface area contributed by atoms with Crippen LogP contribution in [0.5, 0.6) is 0 Å². The number of aromatic amines is 1. The van der Waals surface area contributed by atoms with Crippen molar-refractivity contribution in [1.82, 2.24) is 9.55 Å². The molecule has 2 aromatic heterocycles. The van der Waals surface area contributed by atoms with Crippen LogP contribution in [0.1, 0.15) is 15.2 Å². The fourth-order valence-electron chi connectivity index (χ4n) is 2.30. The van der Waals surface area contributed by atoms with Crippen molar-refractivity contribution in [3.8, 4) is 0 Å². The van der Waals surface area contributed by atoms with Gasteiger partial charge in [0, 0.05) is 22.8 Å². The Labute approximate surface area is 160 Å².